The minimum absolute atomic E-state index is 0.267. The van der Waals surface area contributed by atoms with Gasteiger partial charge < -0.3 is 4.90 Å². The van der Waals surface area contributed by atoms with Crippen LogP contribution >= 0.6 is 11.6 Å². The maximum atomic E-state index is 12.0. The Hall–Kier alpha value is -0.620. The zero-order valence-electron chi connectivity index (χ0n) is 12.2. The number of nitrogens with one attached hydrogen (secondary N) is 1. The monoisotopic (exact) mass is 330 g/mol. The maximum Gasteiger partial charge on any atom is 0.240 e. The standard InChI is InChI=1S/C15H23ClN2O2S/c16-14-6-8-15(9-7-14)21(19,20)17-10-2-5-13-18-11-3-1-4-12-18/h6-9,17H,1-5,10-13H2. The number of hydrogen-bond donors (Lipinski definition) is 1. The Morgan fingerprint density at radius 3 is 2.38 bits per heavy atom. The first-order valence-corrected chi connectivity index (χ1v) is 9.42. The highest BCUT2D eigenvalue weighted by atomic mass is 35.5. The molecular formula is C15H23ClN2O2S. The van der Waals surface area contributed by atoms with E-state index >= 15 is 0 Å². The fraction of sp³-hybridized carbons (Fsp3) is 0.600. The van der Waals surface area contributed by atoms with Crippen molar-refractivity contribution in [2.24, 2.45) is 0 Å². The summed E-state index contributed by atoms with van der Waals surface area (Å²) in [6, 6.07) is 6.23. The molecule has 0 unspecified atom stereocenters. The lowest BCUT2D eigenvalue weighted by Gasteiger charge is -2.26. The Balaban J connectivity index is 1.68. The summed E-state index contributed by atoms with van der Waals surface area (Å²) in [4.78, 5) is 2.74. The largest absolute Gasteiger partial charge is 0.303 e. The summed E-state index contributed by atoms with van der Waals surface area (Å²) in [6.07, 6.45) is 5.83. The van der Waals surface area contributed by atoms with Gasteiger partial charge >= 0.3 is 0 Å². The molecular weight excluding hydrogens is 308 g/mol. The molecule has 1 heterocycles. The predicted molar refractivity (Wildman–Crippen MR) is 86.2 cm³/mol. The highest BCUT2D eigenvalue weighted by Gasteiger charge is 2.13. The fourth-order valence-corrected chi connectivity index (χ4v) is 3.75. The van der Waals surface area contributed by atoms with Gasteiger partial charge in [-0.1, -0.05) is 18.0 Å². The molecule has 0 saturated carbocycles. The number of rotatable bonds is 7. The molecule has 1 fully saturated rings. The minimum Gasteiger partial charge on any atom is -0.303 e. The van der Waals surface area contributed by atoms with E-state index in [9.17, 15) is 8.42 Å². The van der Waals surface area contributed by atoms with Crippen LogP contribution in [0.2, 0.25) is 5.02 Å². The zero-order chi connectivity index (χ0) is 15.1. The third-order valence-electron chi connectivity index (χ3n) is 3.77. The molecule has 1 aromatic carbocycles. The van der Waals surface area contributed by atoms with Crippen molar-refractivity contribution in [1.29, 1.82) is 0 Å². The normalized spacial score (nSPS) is 17.0. The summed E-state index contributed by atoms with van der Waals surface area (Å²) in [5.41, 5.74) is 0. The molecule has 1 saturated heterocycles. The number of unbranched alkanes of at least 4 members (excludes halogenated alkanes) is 1. The van der Waals surface area contributed by atoms with Gasteiger partial charge in [0.25, 0.3) is 0 Å². The Kier molecular flexibility index (Phi) is 6.48. The van der Waals surface area contributed by atoms with E-state index in [1.165, 1.54) is 44.5 Å². The van der Waals surface area contributed by atoms with Gasteiger partial charge in [-0.25, -0.2) is 13.1 Å². The van der Waals surface area contributed by atoms with Crippen LogP contribution in [0.25, 0.3) is 0 Å². The van der Waals surface area contributed by atoms with E-state index in [-0.39, 0.29) is 4.90 Å². The molecule has 4 nitrogen and oxygen atoms in total. The van der Waals surface area contributed by atoms with Crippen LogP contribution in [0.3, 0.4) is 0 Å². The zero-order valence-corrected chi connectivity index (χ0v) is 13.8. The average molecular weight is 331 g/mol. The summed E-state index contributed by atoms with van der Waals surface area (Å²) in [5.74, 6) is 0. The minimum atomic E-state index is -3.40. The van der Waals surface area contributed by atoms with E-state index in [1.807, 2.05) is 0 Å². The Morgan fingerprint density at radius 1 is 1.05 bits per heavy atom. The van der Waals surface area contributed by atoms with Gasteiger partial charge in [0, 0.05) is 11.6 Å². The van der Waals surface area contributed by atoms with Crippen molar-refractivity contribution >= 4 is 21.6 Å². The molecule has 2 rings (SSSR count). The second-order valence-corrected chi connectivity index (χ2v) is 7.66. The van der Waals surface area contributed by atoms with Crippen molar-refractivity contribution in [3.63, 3.8) is 0 Å². The number of sulfonamides is 1. The summed E-state index contributed by atoms with van der Waals surface area (Å²) < 4.78 is 26.7. The summed E-state index contributed by atoms with van der Waals surface area (Å²) in [7, 11) is -3.40. The maximum absolute atomic E-state index is 12.0. The predicted octanol–water partition coefficient (Wildman–Crippen LogP) is 2.88. The van der Waals surface area contributed by atoms with Gasteiger partial charge in [0.1, 0.15) is 0 Å². The summed E-state index contributed by atoms with van der Waals surface area (Å²) in [5, 5.41) is 0.537. The third kappa shape index (κ3) is 5.58. The van der Waals surface area contributed by atoms with Gasteiger partial charge in [0.2, 0.25) is 10.0 Å². The molecule has 1 aliphatic heterocycles. The highest BCUT2D eigenvalue weighted by Crippen LogP contribution is 2.14. The lowest BCUT2D eigenvalue weighted by molar-refractivity contribution is 0.225. The molecule has 1 N–H and O–H groups in total. The molecule has 1 aliphatic rings. The smallest absolute Gasteiger partial charge is 0.240 e. The molecule has 6 heteroatoms. The van der Waals surface area contributed by atoms with E-state index in [0.717, 1.165) is 19.4 Å². The topological polar surface area (TPSA) is 49.4 Å². The molecule has 0 spiro atoms. The molecule has 1 aromatic rings. The van der Waals surface area contributed by atoms with Crippen molar-refractivity contribution in [2.45, 2.75) is 37.0 Å². The Labute approximate surface area is 132 Å². The van der Waals surface area contributed by atoms with Crippen molar-refractivity contribution in [3.05, 3.63) is 29.3 Å². The Bertz CT molecular complexity index is 525. The van der Waals surface area contributed by atoms with Crippen LogP contribution in [-0.4, -0.2) is 39.5 Å². The second-order valence-electron chi connectivity index (χ2n) is 5.46. The van der Waals surface area contributed by atoms with E-state index in [0.29, 0.717) is 11.6 Å². The molecule has 21 heavy (non-hydrogen) atoms. The SMILES string of the molecule is O=S(=O)(NCCCCN1CCCCC1)c1ccc(Cl)cc1. The molecule has 0 atom stereocenters. The van der Waals surface area contributed by atoms with Crippen molar-refractivity contribution in [2.75, 3.05) is 26.2 Å². The molecule has 0 amide bonds. The van der Waals surface area contributed by atoms with Crippen molar-refractivity contribution in [3.8, 4) is 0 Å². The molecule has 0 radical (unpaired) electrons. The number of nitrogens with zero attached hydrogens (tertiary/aromatic N) is 1. The third-order valence-corrected chi connectivity index (χ3v) is 5.49. The summed E-state index contributed by atoms with van der Waals surface area (Å²) >= 11 is 5.76. The van der Waals surface area contributed by atoms with E-state index in [2.05, 4.69) is 9.62 Å². The first kappa shape index (κ1) is 16.7. The fourth-order valence-electron chi connectivity index (χ4n) is 2.55. The second kappa shape index (κ2) is 8.13. The van der Waals surface area contributed by atoms with Gasteiger partial charge in [0.05, 0.1) is 4.90 Å². The number of piperidine rings is 1. The number of benzene rings is 1. The number of halogens is 1. The summed E-state index contributed by atoms with van der Waals surface area (Å²) in [6.45, 7) is 3.94. The van der Waals surface area contributed by atoms with Gasteiger partial charge in [-0.3, -0.25) is 0 Å². The van der Waals surface area contributed by atoms with Crippen LogP contribution in [-0.2, 0) is 10.0 Å². The van der Waals surface area contributed by atoms with E-state index in [1.54, 1.807) is 12.1 Å². The van der Waals surface area contributed by atoms with Crippen LogP contribution in [0.15, 0.2) is 29.2 Å². The quantitative estimate of drug-likeness (QED) is 0.782. The van der Waals surface area contributed by atoms with E-state index in [4.69, 9.17) is 11.6 Å². The van der Waals surface area contributed by atoms with Gasteiger partial charge in [-0.15, -0.1) is 0 Å². The van der Waals surface area contributed by atoms with Gasteiger partial charge in [-0.05, 0) is 69.6 Å². The lowest BCUT2D eigenvalue weighted by atomic mass is 10.1. The first-order valence-electron chi connectivity index (χ1n) is 7.55. The molecule has 118 valence electrons. The van der Waals surface area contributed by atoms with E-state index < -0.39 is 10.0 Å². The van der Waals surface area contributed by atoms with Crippen molar-refractivity contribution < 1.29 is 8.42 Å². The number of likely N-dealkylation sites (tertiary alicyclic amines) is 1. The molecule has 0 aliphatic carbocycles. The van der Waals surface area contributed by atoms with Gasteiger partial charge in [0.15, 0.2) is 0 Å². The Morgan fingerprint density at radius 2 is 1.71 bits per heavy atom. The van der Waals surface area contributed by atoms with Crippen LogP contribution in [0, 0.1) is 0 Å². The van der Waals surface area contributed by atoms with Crippen molar-refractivity contribution in [1.82, 2.24) is 9.62 Å². The van der Waals surface area contributed by atoms with Crippen LogP contribution in [0.1, 0.15) is 32.1 Å². The first-order chi connectivity index (χ1) is 10.1. The number of hydrogen-bond acceptors (Lipinski definition) is 3. The van der Waals surface area contributed by atoms with Crippen LogP contribution < -0.4 is 4.72 Å². The molecule has 0 aromatic heterocycles. The highest BCUT2D eigenvalue weighted by molar-refractivity contribution is 7.89. The van der Waals surface area contributed by atoms with Crippen LogP contribution in [0.5, 0.6) is 0 Å². The van der Waals surface area contributed by atoms with Crippen LogP contribution in [0.4, 0.5) is 0 Å². The average Bonchev–Trinajstić information content (AvgIpc) is 2.48. The van der Waals surface area contributed by atoms with Gasteiger partial charge in [-0.2, -0.15) is 0 Å². The lowest BCUT2D eigenvalue weighted by Crippen LogP contribution is -2.31. The molecule has 0 bridgehead atoms.